The molecule has 3 heterocycles. The zero-order valence-corrected chi connectivity index (χ0v) is 18.8. The zero-order valence-electron chi connectivity index (χ0n) is 17.9. The quantitative estimate of drug-likeness (QED) is 0.565. The number of rotatable bonds is 4. The third-order valence-electron chi connectivity index (χ3n) is 5.50. The van der Waals surface area contributed by atoms with Gasteiger partial charge in [0.1, 0.15) is 15.5 Å². The summed E-state index contributed by atoms with van der Waals surface area (Å²) in [6, 6.07) is 0. The van der Waals surface area contributed by atoms with Gasteiger partial charge in [-0.2, -0.15) is 0 Å². The molecule has 1 aliphatic heterocycles. The Hall–Kier alpha value is -2.72. The Labute approximate surface area is 184 Å². The number of pyridine rings is 1. The van der Waals surface area contributed by atoms with E-state index in [1.165, 1.54) is 16.2 Å². The van der Waals surface area contributed by atoms with Crippen molar-refractivity contribution in [3.05, 3.63) is 16.0 Å². The van der Waals surface area contributed by atoms with Gasteiger partial charge in [-0.05, 0) is 37.3 Å². The van der Waals surface area contributed by atoms with Crippen LogP contribution in [0.15, 0.2) is 0 Å². The second-order valence-electron chi connectivity index (χ2n) is 7.71. The van der Waals surface area contributed by atoms with Gasteiger partial charge >= 0.3 is 11.9 Å². The predicted molar refractivity (Wildman–Crippen MR) is 118 cm³/mol. The fraction of sp³-hybridized carbons (Fsp3) is 0.524. The van der Waals surface area contributed by atoms with E-state index < -0.39 is 11.9 Å². The van der Waals surface area contributed by atoms with Crippen molar-refractivity contribution in [2.75, 3.05) is 57.2 Å². The molecular formula is C21H26N4O5S. The lowest BCUT2D eigenvalue weighted by atomic mass is 10.1. The van der Waals surface area contributed by atoms with E-state index in [9.17, 15) is 14.4 Å². The Morgan fingerprint density at radius 1 is 1.19 bits per heavy atom. The number of hydrogen-bond acceptors (Lipinski definition) is 8. The van der Waals surface area contributed by atoms with Gasteiger partial charge in [-0.1, -0.05) is 0 Å². The van der Waals surface area contributed by atoms with Crippen molar-refractivity contribution >= 4 is 50.8 Å². The summed E-state index contributed by atoms with van der Waals surface area (Å²) in [7, 11) is 3.31. The van der Waals surface area contributed by atoms with Crippen molar-refractivity contribution < 1.29 is 23.9 Å². The normalized spacial score (nSPS) is 15.6. The smallest absolute Gasteiger partial charge is 0.397 e. The molecule has 0 saturated carbocycles. The number of amides is 2. The van der Waals surface area contributed by atoms with Crippen LogP contribution < -0.4 is 10.2 Å². The minimum absolute atomic E-state index is 0.0972. The van der Waals surface area contributed by atoms with Crippen molar-refractivity contribution in [1.82, 2.24) is 9.88 Å². The molecule has 0 atom stereocenters. The van der Waals surface area contributed by atoms with Crippen LogP contribution in [-0.4, -0.2) is 74.7 Å². The Balaban J connectivity index is 1.87. The van der Waals surface area contributed by atoms with E-state index in [1.54, 1.807) is 21.0 Å². The van der Waals surface area contributed by atoms with E-state index >= 15 is 0 Å². The van der Waals surface area contributed by atoms with Crippen molar-refractivity contribution in [2.45, 2.75) is 26.2 Å². The molecule has 2 aromatic heterocycles. The molecule has 0 spiro atoms. The van der Waals surface area contributed by atoms with Gasteiger partial charge in [0.2, 0.25) is 0 Å². The molecule has 4 rings (SSSR count). The largest absolute Gasteiger partial charge is 0.459 e. The van der Waals surface area contributed by atoms with Crippen molar-refractivity contribution in [2.24, 2.45) is 0 Å². The van der Waals surface area contributed by atoms with Gasteiger partial charge < -0.3 is 24.6 Å². The molecule has 2 amide bonds. The predicted octanol–water partition coefficient (Wildman–Crippen LogP) is 1.82. The summed E-state index contributed by atoms with van der Waals surface area (Å²) < 4.78 is 10.3. The first kappa shape index (κ1) is 21.5. The topological polar surface area (TPSA) is 101 Å². The number of anilines is 2. The Kier molecular flexibility index (Phi) is 6.10. The number of hydrogen-bond donors (Lipinski definition) is 1. The molecule has 2 aliphatic rings. The second kappa shape index (κ2) is 8.80. The van der Waals surface area contributed by atoms with Gasteiger partial charge in [0.15, 0.2) is 0 Å². The molecular weight excluding hydrogens is 420 g/mol. The highest BCUT2D eigenvalue weighted by Gasteiger charge is 2.31. The van der Waals surface area contributed by atoms with Crippen LogP contribution in [0.2, 0.25) is 0 Å². The monoisotopic (exact) mass is 446 g/mol. The molecule has 10 heteroatoms. The van der Waals surface area contributed by atoms with Crippen LogP contribution in [0.4, 0.5) is 11.5 Å². The first-order valence-corrected chi connectivity index (χ1v) is 11.2. The number of ether oxygens (including phenoxy) is 2. The molecule has 166 valence electrons. The molecule has 1 fully saturated rings. The standard InChI is InChI=1S/C21H26N4O5S/c1-4-30-21(28)18(26)22-15-14-12-6-5-7-13(12)17(25-8-10-29-11-9-25)23-19(14)31-16(15)20(27)24(2)3/h4-11H2,1-3H3,(H,22,26). The third kappa shape index (κ3) is 3.97. The van der Waals surface area contributed by atoms with Crippen molar-refractivity contribution in [3.8, 4) is 0 Å². The molecule has 1 aliphatic carbocycles. The van der Waals surface area contributed by atoms with E-state index in [0.29, 0.717) is 28.6 Å². The van der Waals surface area contributed by atoms with Crippen LogP contribution in [0.3, 0.4) is 0 Å². The summed E-state index contributed by atoms with van der Waals surface area (Å²) in [4.78, 5) is 47.0. The van der Waals surface area contributed by atoms with Gasteiger partial charge in [0, 0.05) is 32.6 Å². The van der Waals surface area contributed by atoms with E-state index in [0.717, 1.165) is 54.7 Å². The summed E-state index contributed by atoms with van der Waals surface area (Å²) >= 11 is 1.24. The van der Waals surface area contributed by atoms with E-state index in [1.807, 2.05) is 0 Å². The number of aryl methyl sites for hydroxylation is 1. The van der Waals surface area contributed by atoms with Crippen LogP contribution in [-0.2, 0) is 31.9 Å². The number of esters is 1. The van der Waals surface area contributed by atoms with Gasteiger partial charge in [-0.3, -0.25) is 9.59 Å². The lowest BCUT2D eigenvalue weighted by molar-refractivity contribution is -0.152. The number of morpholine rings is 1. The van der Waals surface area contributed by atoms with Gasteiger partial charge in [-0.15, -0.1) is 11.3 Å². The molecule has 0 radical (unpaired) electrons. The summed E-state index contributed by atoms with van der Waals surface area (Å²) in [6.45, 7) is 4.59. The number of nitrogens with one attached hydrogen (secondary N) is 1. The van der Waals surface area contributed by atoms with Crippen molar-refractivity contribution in [3.63, 3.8) is 0 Å². The number of carbonyl (C=O) groups is 3. The molecule has 0 bridgehead atoms. The summed E-state index contributed by atoms with van der Waals surface area (Å²) in [5.41, 5.74) is 2.61. The maximum Gasteiger partial charge on any atom is 0.397 e. The third-order valence-corrected chi connectivity index (χ3v) is 6.57. The highest BCUT2D eigenvalue weighted by molar-refractivity contribution is 7.21. The van der Waals surface area contributed by atoms with Crippen LogP contribution in [0.25, 0.3) is 10.2 Å². The lowest BCUT2D eigenvalue weighted by Crippen LogP contribution is -2.37. The maximum atomic E-state index is 12.9. The summed E-state index contributed by atoms with van der Waals surface area (Å²) in [6.07, 6.45) is 2.70. The Morgan fingerprint density at radius 2 is 1.90 bits per heavy atom. The van der Waals surface area contributed by atoms with E-state index in [-0.39, 0.29) is 12.5 Å². The zero-order chi connectivity index (χ0) is 22.1. The minimum Gasteiger partial charge on any atom is -0.459 e. The van der Waals surface area contributed by atoms with Gasteiger partial charge in [-0.25, -0.2) is 9.78 Å². The molecule has 0 aromatic carbocycles. The van der Waals surface area contributed by atoms with E-state index in [2.05, 4.69) is 10.2 Å². The first-order valence-electron chi connectivity index (χ1n) is 10.4. The minimum atomic E-state index is -0.973. The molecule has 1 saturated heterocycles. The average Bonchev–Trinajstić information content (AvgIpc) is 3.38. The van der Waals surface area contributed by atoms with Crippen LogP contribution in [0.1, 0.15) is 34.1 Å². The fourth-order valence-electron chi connectivity index (χ4n) is 4.08. The highest BCUT2D eigenvalue weighted by Crippen LogP contribution is 2.44. The van der Waals surface area contributed by atoms with Crippen LogP contribution in [0, 0.1) is 0 Å². The second-order valence-corrected chi connectivity index (χ2v) is 8.71. The molecule has 9 nitrogen and oxygen atoms in total. The molecule has 1 N–H and O–H groups in total. The van der Waals surface area contributed by atoms with Gasteiger partial charge in [0.25, 0.3) is 5.91 Å². The van der Waals surface area contributed by atoms with Crippen LogP contribution in [0.5, 0.6) is 0 Å². The fourth-order valence-corrected chi connectivity index (χ4v) is 5.26. The van der Waals surface area contributed by atoms with E-state index in [4.69, 9.17) is 14.5 Å². The Morgan fingerprint density at radius 3 is 2.58 bits per heavy atom. The lowest BCUT2D eigenvalue weighted by Gasteiger charge is -2.29. The maximum absolute atomic E-state index is 12.9. The number of thiophene rings is 1. The summed E-state index contributed by atoms with van der Waals surface area (Å²) in [5.74, 6) is -1.17. The average molecular weight is 447 g/mol. The number of carbonyl (C=O) groups excluding carboxylic acids is 3. The number of fused-ring (bicyclic) bond motifs is 3. The number of aromatic nitrogens is 1. The SMILES string of the molecule is CCOC(=O)C(=O)Nc1c(C(=O)N(C)C)sc2nc(N3CCOCC3)c3c(c12)CCC3. The summed E-state index contributed by atoms with van der Waals surface area (Å²) in [5, 5.41) is 3.42. The molecule has 2 aromatic rings. The van der Waals surface area contributed by atoms with Crippen LogP contribution >= 0.6 is 11.3 Å². The molecule has 0 unspecified atom stereocenters. The highest BCUT2D eigenvalue weighted by atomic mass is 32.1. The van der Waals surface area contributed by atoms with Gasteiger partial charge in [0.05, 0.1) is 25.5 Å². The molecule has 31 heavy (non-hydrogen) atoms. The first-order chi connectivity index (χ1) is 14.9. The number of nitrogens with zero attached hydrogens (tertiary/aromatic N) is 3. The van der Waals surface area contributed by atoms with Crippen molar-refractivity contribution in [1.29, 1.82) is 0 Å². The Bertz CT molecular complexity index is 1040.